The highest BCUT2D eigenvalue weighted by Crippen LogP contribution is 2.37. The lowest BCUT2D eigenvalue weighted by Gasteiger charge is -2.23. The van der Waals surface area contributed by atoms with Gasteiger partial charge in [-0.2, -0.15) is 5.10 Å². The van der Waals surface area contributed by atoms with Gasteiger partial charge in [0.15, 0.2) is 12.1 Å². The normalized spacial score (nSPS) is 17.2. The number of pyridine rings is 2. The lowest BCUT2D eigenvalue weighted by Crippen LogP contribution is -2.19. The van der Waals surface area contributed by atoms with Crippen LogP contribution in [-0.2, 0) is 11.3 Å². The Morgan fingerprint density at radius 3 is 2.70 bits per heavy atom. The van der Waals surface area contributed by atoms with Gasteiger partial charge in [-0.1, -0.05) is 29.3 Å². The summed E-state index contributed by atoms with van der Waals surface area (Å²) in [4.78, 5) is 8.24. The van der Waals surface area contributed by atoms with Crippen molar-refractivity contribution >= 4 is 46.0 Å². The Labute approximate surface area is 224 Å². The Kier molecular flexibility index (Phi) is 7.71. The number of hydrogen-bond donors (Lipinski definition) is 1. The smallest absolute Gasteiger partial charge is 0.151 e. The maximum absolute atomic E-state index is 15.7. The molecule has 192 valence electrons. The standard InChI is InChI=1S/C27H26Cl2FN5O2/c1-16(26-21(28)14-32-15-22(26)29)37-19-7-8-24-20(11-19)27(34-35(24)25-4-2-3-9-36-25)23(30)10-17-5-6-18(12-31)33-13-17/h5-8,10-11,13-16,25H,2-4,9,12,31H2,1H3/b23-10-. The summed E-state index contributed by atoms with van der Waals surface area (Å²) in [5.41, 5.74) is 8.54. The molecule has 2 unspecified atom stereocenters. The quantitative estimate of drug-likeness (QED) is 0.273. The molecule has 2 atom stereocenters. The van der Waals surface area contributed by atoms with Crippen LogP contribution in [0.4, 0.5) is 4.39 Å². The van der Waals surface area contributed by atoms with Crippen LogP contribution in [0.1, 0.15) is 61.0 Å². The molecule has 1 aliphatic heterocycles. The third-order valence-electron chi connectivity index (χ3n) is 6.29. The molecule has 0 bridgehead atoms. The number of ether oxygens (including phenoxy) is 2. The predicted octanol–water partition coefficient (Wildman–Crippen LogP) is 6.90. The Bertz CT molecular complexity index is 1410. The summed E-state index contributed by atoms with van der Waals surface area (Å²) in [7, 11) is 0. The average Bonchev–Trinajstić information content (AvgIpc) is 3.28. The lowest BCUT2D eigenvalue weighted by atomic mass is 10.1. The summed E-state index contributed by atoms with van der Waals surface area (Å²) in [5, 5.41) is 6.07. The third-order valence-corrected chi connectivity index (χ3v) is 6.89. The first-order valence-corrected chi connectivity index (χ1v) is 12.8. The molecule has 4 heterocycles. The first kappa shape index (κ1) is 25.6. The van der Waals surface area contributed by atoms with Crippen molar-refractivity contribution in [3.8, 4) is 5.75 Å². The van der Waals surface area contributed by atoms with E-state index in [9.17, 15) is 0 Å². The van der Waals surface area contributed by atoms with Crippen LogP contribution in [-0.4, -0.2) is 26.4 Å². The Hall–Kier alpha value is -3.04. The minimum absolute atomic E-state index is 0.199. The predicted molar refractivity (Wildman–Crippen MR) is 143 cm³/mol. The maximum Gasteiger partial charge on any atom is 0.151 e. The number of hydrogen-bond acceptors (Lipinski definition) is 6. The van der Waals surface area contributed by atoms with Crippen LogP contribution >= 0.6 is 23.2 Å². The molecular weight excluding hydrogens is 516 g/mol. The monoisotopic (exact) mass is 541 g/mol. The van der Waals surface area contributed by atoms with Gasteiger partial charge in [0.05, 0.1) is 21.3 Å². The summed E-state index contributed by atoms with van der Waals surface area (Å²) in [6.07, 6.45) is 8.14. The van der Waals surface area contributed by atoms with E-state index in [1.165, 1.54) is 18.5 Å². The van der Waals surface area contributed by atoms with E-state index in [2.05, 4.69) is 15.1 Å². The average molecular weight is 542 g/mol. The zero-order valence-electron chi connectivity index (χ0n) is 20.2. The highest BCUT2D eigenvalue weighted by molar-refractivity contribution is 6.35. The van der Waals surface area contributed by atoms with E-state index in [1.54, 1.807) is 29.1 Å². The van der Waals surface area contributed by atoms with Crippen molar-refractivity contribution in [2.45, 2.75) is 45.1 Å². The van der Waals surface area contributed by atoms with Crippen LogP contribution in [0.3, 0.4) is 0 Å². The molecule has 4 aromatic rings. The van der Waals surface area contributed by atoms with E-state index >= 15 is 4.39 Å². The van der Waals surface area contributed by atoms with E-state index in [4.69, 9.17) is 38.4 Å². The minimum atomic E-state index is -0.493. The molecule has 2 N–H and O–H groups in total. The molecule has 1 fully saturated rings. The van der Waals surface area contributed by atoms with Crippen LogP contribution in [0.15, 0.2) is 48.9 Å². The molecule has 0 amide bonds. The fraction of sp³-hybridized carbons (Fsp3) is 0.296. The van der Waals surface area contributed by atoms with Gasteiger partial charge in [-0.15, -0.1) is 0 Å². The minimum Gasteiger partial charge on any atom is -0.486 e. The number of nitrogens with zero attached hydrogens (tertiary/aromatic N) is 4. The van der Waals surface area contributed by atoms with Crippen LogP contribution in [0.25, 0.3) is 22.8 Å². The number of aromatic nitrogens is 4. The number of nitrogens with two attached hydrogens (primary N) is 1. The van der Waals surface area contributed by atoms with Crippen LogP contribution in [0, 0.1) is 0 Å². The molecule has 1 saturated heterocycles. The molecule has 5 rings (SSSR count). The molecule has 7 nitrogen and oxygen atoms in total. The molecule has 1 aromatic carbocycles. The van der Waals surface area contributed by atoms with Gasteiger partial charge in [0.25, 0.3) is 0 Å². The maximum atomic E-state index is 15.7. The third kappa shape index (κ3) is 5.48. The van der Waals surface area contributed by atoms with E-state index in [0.29, 0.717) is 45.5 Å². The zero-order chi connectivity index (χ0) is 25.9. The highest BCUT2D eigenvalue weighted by atomic mass is 35.5. The second kappa shape index (κ2) is 11.1. The van der Waals surface area contributed by atoms with Crippen molar-refractivity contribution in [2.24, 2.45) is 5.73 Å². The van der Waals surface area contributed by atoms with Crippen molar-refractivity contribution in [1.82, 2.24) is 19.7 Å². The largest absolute Gasteiger partial charge is 0.486 e. The van der Waals surface area contributed by atoms with Gasteiger partial charge in [0.2, 0.25) is 0 Å². The second-order valence-corrected chi connectivity index (χ2v) is 9.66. The summed E-state index contributed by atoms with van der Waals surface area (Å²) in [6, 6.07) is 9.01. The lowest BCUT2D eigenvalue weighted by molar-refractivity contribution is -0.0367. The molecule has 0 spiro atoms. The van der Waals surface area contributed by atoms with Gasteiger partial charge in [0.1, 0.15) is 17.5 Å². The molecular formula is C27H26Cl2FN5O2. The zero-order valence-corrected chi connectivity index (χ0v) is 21.7. The van der Waals surface area contributed by atoms with Gasteiger partial charge in [-0.3, -0.25) is 9.97 Å². The number of rotatable bonds is 7. The molecule has 10 heteroatoms. The topological polar surface area (TPSA) is 88.1 Å². The fourth-order valence-corrected chi connectivity index (χ4v) is 5.11. The SMILES string of the molecule is CC(Oc1ccc2c(c1)c(/C(F)=C/c1ccc(CN)nc1)nn2C1CCCCO1)c1c(Cl)cncc1Cl. The van der Waals surface area contributed by atoms with Crippen LogP contribution < -0.4 is 10.5 Å². The summed E-state index contributed by atoms with van der Waals surface area (Å²) < 4.78 is 29.6. The van der Waals surface area contributed by atoms with E-state index < -0.39 is 11.9 Å². The first-order chi connectivity index (χ1) is 17.9. The van der Waals surface area contributed by atoms with Crippen molar-refractivity contribution < 1.29 is 13.9 Å². The Morgan fingerprint density at radius 2 is 2.03 bits per heavy atom. The highest BCUT2D eigenvalue weighted by Gasteiger charge is 2.24. The van der Waals surface area contributed by atoms with E-state index in [-0.39, 0.29) is 11.9 Å². The van der Waals surface area contributed by atoms with Crippen molar-refractivity contribution in [1.29, 1.82) is 0 Å². The Morgan fingerprint density at radius 1 is 1.22 bits per heavy atom. The van der Waals surface area contributed by atoms with Gasteiger partial charge in [-0.05, 0) is 62.1 Å². The van der Waals surface area contributed by atoms with Gasteiger partial charge < -0.3 is 15.2 Å². The summed E-state index contributed by atoms with van der Waals surface area (Å²) >= 11 is 12.6. The van der Waals surface area contributed by atoms with Crippen molar-refractivity contribution in [3.63, 3.8) is 0 Å². The molecule has 0 saturated carbocycles. The molecule has 37 heavy (non-hydrogen) atoms. The number of halogens is 3. The molecule has 1 aliphatic rings. The Balaban J connectivity index is 1.54. The molecule has 0 aliphatic carbocycles. The number of fused-ring (bicyclic) bond motifs is 1. The van der Waals surface area contributed by atoms with E-state index in [0.717, 1.165) is 30.5 Å². The van der Waals surface area contributed by atoms with Crippen molar-refractivity contribution in [2.75, 3.05) is 6.61 Å². The van der Waals surface area contributed by atoms with Gasteiger partial charge in [0, 0.05) is 42.7 Å². The van der Waals surface area contributed by atoms with Crippen LogP contribution in [0.5, 0.6) is 5.75 Å². The summed E-state index contributed by atoms with van der Waals surface area (Å²) in [5.74, 6) is 0.0309. The fourth-order valence-electron chi connectivity index (χ4n) is 4.44. The first-order valence-electron chi connectivity index (χ1n) is 12.1. The van der Waals surface area contributed by atoms with Crippen LogP contribution in [0.2, 0.25) is 10.0 Å². The molecule has 0 radical (unpaired) electrons. The van der Waals surface area contributed by atoms with E-state index in [1.807, 2.05) is 19.1 Å². The number of benzene rings is 1. The van der Waals surface area contributed by atoms with Gasteiger partial charge >= 0.3 is 0 Å². The van der Waals surface area contributed by atoms with Gasteiger partial charge in [-0.25, -0.2) is 9.07 Å². The van der Waals surface area contributed by atoms with Crippen molar-refractivity contribution in [3.05, 3.63) is 81.5 Å². The second-order valence-electron chi connectivity index (χ2n) is 8.85. The summed E-state index contributed by atoms with van der Waals surface area (Å²) in [6.45, 7) is 2.81. The molecule has 3 aromatic heterocycles.